The minimum atomic E-state index is -4.49. The van der Waals surface area contributed by atoms with E-state index in [-0.39, 0.29) is 18.0 Å². The van der Waals surface area contributed by atoms with Crippen LogP contribution in [-0.2, 0) is 11.0 Å². The van der Waals surface area contributed by atoms with Crippen LogP contribution in [0.5, 0.6) is 5.75 Å². The van der Waals surface area contributed by atoms with Gasteiger partial charge >= 0.3 is 6.18 Å². The van der Waals surface area contributed by atoms with Crippen molar-refractivity contribution >= 4 is 11.7 Å². The zero-order valence-corrected chi connectivity index (χ0v) is 13.0. The van der Waals surface area contributed by atoms with E-state index in [1.54, 1.807) is 6.07 Å². The first-order valence-corrected chi connectivity index (χ1v) is 7.26. The highest BCUT2D eigenvalue weighted by molar-refractivity contribution is 5.94. The third-order valence-corrected chi connectivity index (χ3v) is 3.17. The predicted molar refractivity (Wildman–Crippen MR) is 83.8 cm³/mol. The molecule has 4 N–H and O–H groups in total. The Balaban J connectivity index is 2.05. The number of aliphatic hydroxyl groups excluding tert-OH is 1. The number of nitrogens with two attached hydrogens (primary N) is 1. The number of pyridine rings is 1. The van der Waals surface area contributed by atoms with E-state index in [1.807, 2.05) is 0 Å². The summed E-state index contributed by atoms with van der Waals surface area (Å²) in [5.41, 5.74) is 4.49. The Hall–Kier alpha value is -2.65. The summed E-state index contributed by atoms with van der Waals surface area (Å²) in [5.74, 6) is -0.270. The Bertz CT molecular complexity index is 721. The van der Waals surface area contributed by atoms with Gasteiger partial charge < -0.3 is 20.9 Å². The van der Waals surface area contributed by atoms with Crippen molar-refractivity contribution in [2.75, 3.05) is 18.5 Å². The molecule has 0 spiro atoms. The molecule has 0 bridgehead atoms. The lowest BCUT2D eigenvalue weighted by molar-refractivity contribution is -0.137. The number of hydrogen-bond donors (Lipinski definition) is 3. The van der Waals surface area contributed by atoms with Crippen LogP contribution in [0, 0.1) is 0 Å². The molecule has 1 amide bonds. The van der Waals surface area contributed by atoms with E-state index in [0.29, 0.717) is 12.3 Å². The summed E-state index contributed by atoms with van der Waals surface area (Å²) < 4.78 is 42.9. The number of anilines is 1. The number of carbonyl (C=O) groups excluding carboxylic acids is 1. The maximum absolute atomic E-state index is 12.5. The summed E-state index contributed by atoms with van der Waals surface area (Å²) in [7, 11) is 0. The summed E-state index contributed by atoms with van der Waals surface area (Å²) in [6.07, 6.45) is -4.73. The molecule has 2 aromatic rings. The Labute approximate surface area is 141 Å². The quantitative estimate of drug-likeness (QED) is 0.737. The van der Waals surface area contributed by atoms with Crippen LogP contribution >= 0.6 is 0 Å². The van der Waals surface area contributed by atoms with Gasteiger partial charge in [-0.15, -0.1) is 0 Å². The van der Waals surface area contributed by atoms with Crippen molar-refractivity contribution in [3.63, 3.8) is 0 Å². The average molecular weight is 355 g/mol. The second kappa shape index (κ2) is 7.95. The van der Waals surface area contributed by atoms with Crippen molar-refractivity contribution in [3.8, 4) is 5.75 Å². The summed E-state index contributed by atoms with van der Waals surface area (Å²) >= 11 is 0. The molecule has 0 radical (unpaired) electrons. The normalized spacial score (nSPS) is 12.5. The van der Waals surface area contributed by atoms with Crippen LogP contribution in [0.3, 0.4) is 0 Å². The summed E-state index contributed by atoms with van der Waals surface area (Å²) in [5, 5.41) is 12.4. The number of nitrogens with zero attached hydrogens (tertiary/aromatic N) is 1. The van der Waals surface area contributed by atoms with Crippen LogP contribution in [0.2, 0.25) is 0 Å². The molecule has 134 valence electrons. The lowest BCUT2D eigenvalue weighted by atomic mass is 10.1. The third kappa shape index (κ3) is 5.16. The second-order valence-electron chi connectivity index (χ2n) is 5.03. The molecule has 25 heavy (non-hydrogen) atoms. The Morgan fingerprint density at radius 3 is 2.56 bits per heavy atom. The highest BCUT2D eigenvalue weighted by Crippen LogP contribution is 2.30. The Morgan fingerprint density at radius 2 is 1.96 bits per heavy atom. The van der Waals surface area contributed by atoms with Gasteiger partial charge in [-0.3, -0.25) is 4.79 Å². The Morgan fingerprint density at radius 1 is 1.28 bits per heavy atom. The number of halogens is 3. The summed E-state index contributed by atoms with van der Waals surface area (Å²) in [6.45, 7) is 0.599. The third-order valence-electron chi connectivity index (χ3n) is 3.17. The monoisotopic (exact) mass is 355 g/mol. The molecular weight excluding hydrogens is 339 g/mol. The van der Waals surface area contributed by atoms with Gasteiger partial charge in [0.2, 0.25) is 0 Å². The largest absolute Gasteiger partial charge is 0.492 e. The lowest BCUT2D eigenvalue weighted by Gasteiger charge is -2.13. The van der Waals surface area contributed by atoms with Crippen LogP contribution in [0.15, 0.2) is 42.6 Å². The number of carbonyl (C=O) groups is 1. The van der Waals surface area contributed by atoms with E-state index in [4.69, 9.17) is 10.5 Å². The van der Waals surface area contributed by atoms with E-state index in [9.17, 15) is 23.1 Å². The lowest BCUT2D eigenvalue weighted by Crippen LogP contribution is -2.21. The van der Waals surface area contributed by atoms with Gasteiger partial charge in [-0.1, -0.05) is 12.1 Å². The molecule has 1 unspecified atom stereocenters. The van der Waals surface area contributed by atoms with Crippen LogP contribution < -0.4 is 15.8 Å². The maximum atomic E-state index is 12.5. The minimum Gasteiger partial charge on any atom is -0.492 e. The molecule has 0 saturated heterocycles. The van der Waals surface area contributed by atoms with E-state index >= 15 is 0 Å². The van der Waals surface area contributed by atoms with Crippen molar-refractivity contribution in [2.45, 2.75) is 12.3 Å². The average Bonchev–Trinajstić information content (AvgIpc) is 2.59. The van der Waals surface area contributed by atoms with Crippen LogP contribution in [0.1, 0.15) is 17.2 Å². The fraction of sp³-hybridized carbons (Fsp3) is 0.250. The molecule has 1 aromatic heterocycles. The van der Waals surface area contributed by atoms with Crippen LogP contribution in [0.4, 0.5) is 19.0 Å². The fourth-order valence-electron chi connectivity index (χ4n) is 1.95. The molecule has 9 heteroatoms. The summed E-state index contributed by atoms with van der Waals surface area (Å²) in [4.78, 5) is 15.9. The predicted octanol–water partition coefficient (Wildman–Crippen LogP) is 2.11. The first-order chi connectivity index (χ1) is 11.8. The van der Waals surface area contributed by atoms with E-state index in [2.05, 4.69) is 10.3 Å². The van der Waals surface area contributed by atoms with Crippen molar-refractivity contribution in [1.82, 2.24) is 4.98 Å². The molecule has 1 aromatic carbocycles. The molecule has 6 nitrogen and oxygen atoms in total. The molecule has 1 atom stereocenters. The van der Waals surface area contributed by atoms with Gasteiger partial charge in [0.15, 0.2) is 6.10 Å². The van der Waals surface area contributed by atoms with Gasteiger partial charge in [0.25, 0.3) is 5.91 Å². The van der Waals surface area contributed by atoms with E-state index in [1.165, 1.54) is 12.3 Å². The molecular formula is C16H16F3N3O3. The number of alkyl halides is 3. The molecule has 2 rings (SSSR count). The molecule has 0 aliphatic heterocycles. The molecule has 0 aliphatic carbocycles. The zero-order chi connectivity index (χ0) is 18.4. The minimum absolute atomic E-state index is 0.0287. The number of ether oxygens (including phenoxy) is 1. The van der Waals surface area contributed by atoms with Crippen LogP contribution in [-0.4, -0.2) is 29.1 Å². The maximum Gasteiger partial charge on any atom is 0.416 e. The topological polar surface area (TPSA) is 97.5 Å². The van der Waals surface area contributed by atoms with Crippen molar-refractivity contribution in [3.05, 3.63) is 53.7 Å². The van der Waals surface area contributed by atoms with Gasteiger partial charge in [0.05, 0.1) is 5.56 Å². The SMILES string of the molecule is NCCOc1ccnc(NC(=O)C(O)c2ccc(C(F)(F)F)cc2)c1. The number of hydrogen-bond acceptors (Lipinski definition) is 5. The standard InChI is InChI=1S/C16H16F3N3O3/c17-16(18,19)11-3-1-10(2-4-11)14(23)15(24)22-13-9-12(5-7-21-13)25-8-6-20/h1-5,7,9,14,23H,6,8,20H2,(H,21,22,24). The molecule has 0 saturated carbocycles. The van der Waals surface area contributed by atoms with Gasteiger partial charge in [0, 0.05) is 18.8 Å². The second-order valence-corrected chi connectivity index (χ2v) is 5.03. The van der Waals surface area contributed by atoms with Gasteiger partial charge in [0.1, 0.15) is 18.2 Å². The van der Waals surface area contributed by atoms with Gasteiger partial charge in [-0.05, 0) is 23.8 Å². The van der Waals surface area contributed by atoms with E-state index in [0.717, 1.165) is 24.3 Å². The smallest absolute Gasteiger partial charge is 0.416 e. The number of aliphatic hydroxyl groups is 1. The molecule has 0 aliphatic rings. The molecule has 0 fully saturated rings. The van der Waals surface area contributed by atoms with Crippen molar-refractivity contribution < 1.29 is 27.8 Å². The highest BCUT2D eigenvalue weighted by atomic mass is 19.4. The zero-order valence-electron chi connectivity index (χ0n) is 13.0. The number of benzene rings is 1. The Kier molecular flexibility index (Phi) is 5.94. The van der Waals surface area contributed by atoms with Crippen molar-refractivity contribution in [1.29, 1.82) is 0 Å². The van der Waals surface area contributed by atoms with Gasteiger partial charge in [-0.25, -0.2) is 4.98 Å². The summed E-state index contributed by atoms with van der Waals surface area (Å²) in [6, 6.07) is 6.68. The first kappa shape index (κ1) is 18.7. The number of nitrogens with one attached hydrogen (secondary N) is 1. The number of aromatic nitrogens is 1. The highest BCUT2D eigenvalue weighted by Gasteiger charge is 2.30. The molecule has 1 heterocycles. The van der Waals surface area contributed by atoms with E-state index < -0.39 is 23.8 Å². The number of amides is 1. The van der Waals surface area contributed by atoms with Crippen LogP contribution in [0.25, 0.3) is 0 Å². The van der Waals surface area contributed by atoms with Gasteiger partial charge in [-0.2, -0.15) is 13.2 Å². The number of rotatable bonds is 6. The fourth-order valence-corrected chi connectivity index (χ4v) is 1.95. The first-order valence-electron chi connectivity index (χ1n) is 7.26. The van der Waals surface area contributed by atoms with Crippen molar-refractivity contribution in [2.24, 2.45) is 5.73 Å².